The van der Waals surface area contributed by atoms with Gasteiger partial charge in [-0.25, -0.2) is 4.39 Å². The van der Waals surface area contributed by atoms with Crippen molar-refractivity contribution in [3.8, 4) is 0 Å². The fourth-order valence-electron chi connectivity index (χ4n) is 1.80. The van der Waals surface area contributed by atoms with Crippen molar-refractivity contribution in [3.63, 3.8) is 0 Å². The molecule has 0 saturated carbocycles. The first-order valence-electron chi connectivity index (χ1n) is 6.29. The molecular weight excluding hydrogens is 231 g/mol. The van der Waals surface area contributed by atoms with Crippen LogP contribution in [0.25, 0.3) is 0 Å². The van der Waals surface area contributed by atoms with Crippen molar-refractivity contribution in [1.29, 1.82) is 0 Å². The van der Waals surface area contributed by atoms with Crippen molar-refractivity contribution >= 4 is 11.6 Å². The number of nitrogens with two attached hydrogens (primary N) is 1. The number of hydrogen-bond donors (Lipinski definition) is 2. The monoisotopic (exact) mass is 252 g/mol. The molecule has 0 aromatic heterocycles. The van der Waals surface area contributed by atoms with E-state index in [0.717, 1.165) is 18.4 Å². The van der Waals surface area contributed by atoms with Gasteiger partial charge in [0, 0.05) is 6.42 Å². The summed E-state index contributed by atoms with van der Waals surface area (Å²) in [5, 5.41) is 2.63. The van der Waals surface area contributed by atoms with Crippen LogP contribution in [0.5, 0.6) is 0 Å². The number of anilines is 1. The van der Waals surface area contributed by atoms with Gasteiger partial charge in [0.2, 0.25) is 5.91 Å². The highest BCUT2D eigenvalue weighted by Gasteiger charge is 2.10. The summed E-state index contributed by atoms with van der Waals surface area (Å²) >= 11 is 0. The predicted octanol–water partition coefficient (Wildman–Crippen LogP) is 2.84. The molecule has 1 unspecified atom stereocenters. The summed E-state index contributed by atoms with van der Waals surface area (Å²) < 4.78 is 13.5. The van der Waals surface area contributed by atoms with E-state index in [9.17, 15) is 9.18 Å². The van der Waals surface area contributed by atoms with Gasteiger partial charge in [-0.1, -0.05) is 19.1 Å². The van der Waals surface area contributed by atoms with Crippen molar-refractivity contribution in [3.05, 3.63) is 29.6 Å². The average molecular weight is 252 g/mol. The predicted molar refractivity (Wildman–Crippen MR) is 71.8 cm³/mol. The molecule has 1 aromatic carbocycles. The van der Waals surface area contributed by atoms with Crippen LogP contribution in [0, 0.1) is 18.7 Å². The Kier molecular flexibility index (Phi) is 5.78. The minimum Gasteiger partial charge on any atom is -0.330 e. The van der Waals surface area contributed by atoms with Crippen LogP contribution < -0.4 is 11.1 Å². The molecule has 0 aliphatic heterocycles. The second kappa shape index (κ2) is 7.11. The smallest absolute Gasteiger partial charge is 0.224 e. The van der Waals surface area contributed by atoms with E-state index < -0.39 is 5.82 Å². The minimum atomic E-state index is -0.390. The lowest BCUT2D eigenvalue weighted by Gasteiger charge is -2.11. The molecule has 100 valence electrons. The Morgan fingerprint density at radius 3 is 2.78 bits per heavy atom. The number of para-hydroxylation sites is 1. The van der Waals surface area contributed by atoms with Gasteiger partial charge in [-0.05, 0) is 43.9 Å². The Labute approximate surface area is 108 Å². The summed E-state index contributed by atoms with van der Waals surface area (Å²) in [5.41, 5.74) is 6.47. The molecule has 0 spiro atoms. The number of aryl methyl sites for hydroxylation is 1. The molecule has 3 N–H and O–H groups in total. The number of carbonyl (C=O) groups is 1. The summed E-state index contributed by atoms with van der Waals surface area (Å²) in [5.74, 6) is -0.118. The van der Waals surface area contributed by atoms with E-state index in [1.807, 2.05) is 0 Å². The molecule has 0 aliphatic rings. The number of nitrogens with one attached hydrogen (secondary N) is 1. The highest BCUT2D eigenvalue weighted by atomic mass is 19.1. The van der Waals surface area contributed by atoms with Gasteiger partial charge in [0.05, 0.1) is 5.69 Å². The van der Waals surface area contributed by atoms with Crippen molar-refractivity contribution in [2.45, 2.75) is 33.1 Å². The van der Waals surface area contributed by atoms with Crippen LogP contribution in [0.4, 0.5) is 10.1 Å². The molecule has 1 amide bonds. The van der Waals surface area contributed by atoms with E-state index in [-0.39, 0.29) is 11.6 Å². The number of carbonyl (C=O) groups excluding carboxylic acids is 1. The molecule has 0 aliphatic carbocycles. The van der Waals surface area contributed by atoms with Gasteiger partial charge in [0.25, 0.3) is 0 Å². The molecule has 1 rings (SSSR count). The third kappa shape index (κ3) is 4.45. The van der Waals surface area contributed by atoms with Crippen LogP contribution in [0.15, 0.2) is 18.2 Å². The third-order valence-electron chi connectivity index (χ3n) is 3.01. The summed E-state index contributed by atoms with van der Waals surface area (Å²) in [6, 6.07) is 4.75. The fraction of sp³-hybridized carbons (Fsp3) is 0.500. The van der Waals surface area contributed by atoms with Crippen molar-refractivity contribution in [2.75, 3.05) is 11.9 Å². The lowest BCUT2D eigenvalue weighted by molar-refractivity contribution is -0.116. The van der Waals surface area contributed by atoms with Crippen LogP contribution >= 0.6 is 0 Å². The van der Waals surface area contributed by atoms with Crippen LogP contribution in [-0.2, 0) is 4.79 Å². The Hall–Kier alpha value is -1.42. The van der Waals surface area contributed by atoms with Gasteiger partial charge < -0.3 is 11.1 Å². The number of halogens is 1. The van der Waals surface area contributed by atoms with Crippen LogP contribution in [0.1, 0.15) is 31.7 Å². The van der Waals surface area contributed by atoms with E-state index in [1.165, 1.54) is 6.07 Å². The molecule has 3 nitrogen and oxygen atoms in total. The first kappa shape index (κ1) is 14.6. The van der Waals surface area contributed by atoms with Gasteiger partial charge in [-0.2, -0.15) is 0 Å². The molecular formula is C14H21FN2O. The van der Waals surface area contributed by atoms with Gasteiger partial charge >= 0.3 is 0 Å². The Balaban J connectivity index is 2.50. The number of hydrogen-bond acceptors (Lipinski definition) is 2. The molecule has 0 radical (unpaired) electrons. The van der Waals surface area contributed by atoms with Crippen LogP contribution in [-0.4, -0.2) is 12.5 Å². The zero-order valence-corrected chi connectivity index (χ0v) is 11.0. The molecule has 18 heavy (non-hydrogen) atoms. The second-order valence-corrected chi connectivity index (χ2v) is 4.70. The fourth-order valence-corrected chi connectivity index (χ4v) is 1.80. The second-order valence-electron chi connectivity index (χ2n) is 4.70. The standard InChI is InChI=1S/C14H21FN2O/c1-10(8-9-16)6-7-13(18)17-14-11(2)4-3-5-12(14)15/h3-5,10H,6-9,16H2,1-2H3,(H,17,18). The van der Waals surface area contributed by atoms with Crippen molar-refractivity contribution in [1.82, 2.24) is 0 Å². The van der Waals surface area contributed by atoms with Gasteiger partial charge in [-0.3, -0.25) is 4.79 Å². The van der Waals surface area contributed by atoms with Gasteiger partial charge in [-0.15, -0.1) is 0 Å². The normalized spacial score (nSPS) is 12.2. The highest BCUT2D eigenvalue weighted by molar-refractivity contribution is 5.91. The first-order chi connectivity index (χ1) is 8.54. The van der Waals surface area contributed by atoms with Crippen LogP contribution in [0.3, 0.4) is 0 Å². The molecule has 0 bridgehead atoms. The van der Waals surface area contributed by atoms with Crippen molar-refractivity contribution < 1.29 is 9.18 Å². The quantitative estimate of drug-likeness (QED) is 0.818. The summed E-state index contributed by atoms with van der Waals surface area (Å²) in [6.07, 6.45) is 2.08. The average Bonchev–Trinajstić information content (AvgIpc) is 2.32. The highest BCUT2D eigenvalue weighted by Crippen LogP contribution is 2.19. The maximum absolute atomic E-state index is 13.5. The minimum absolute atomic E-state index is 0.146. The lowest BCUT2D eigenvalue weighted by Crippen LogP contribution is -2.15. The molecule has 0 heterocycles. The zero-order valence-electron chi connectivity index (χ0n) is 11.0. The van der Waals surface area contributed by atoms with Crippen molar-refractivity contribution in [2.24, 2.45) is 11.7 Å². The van der Waals surface area contributed by atoms with E-state index in [2.05, 4.69) is 12.2 Å². The Bertz CT molecular complexity index is 387. The maximum atomic E-state index is 13.5. The number of benzene rings is 1. The maximum Gasteiger partial charge on any atom is 0.224 e. The molecule has 0 saturated heterocycles. The SMILES string of the molecule is Cc1cccc(F)c1NC(=O)CCC(C)CCN. The largest absolute Gasteiger partial charge is 0.330 e. The third-order valence-corrected chi connectivity index (χ3v) is 3.01. The van der Waals surface area contributed by atoms with E-state index >= 15 is 0 Å². The zero-order chi connectivity index (χ0) is 13.5. The van der Waals surface area contributed by atoms with E-state index in [1.54, 1.807) is 19.1 Å². The van der Waals surface area contributed by atoms with Gasteiger partial charge in [0.15, 0.2) is 0 Å². The molecule has 0 fully saturated rings. The molecule has 1 aromatic rings. The van der Waals surface area contributed by atoms with E-state index in [4.69, 9.17) is 5.73 Å². The number of amides is 1. The molecule has 1 atom stereocenters. The summed E-state index contributed by atoms with van der Waals surface area (Å²) in [7, 11) is 0. The molecule has 4 heteroatoms. The number of rotatable bonds is 6. The Morgan fingerprint density at radius 1 is 1.44 bits per heavy atom. The Morgan fingerprint density at radius 2 is 2.17 bits per heavy atom. The van der Waals surface area contributed by atoms with Gasteiger partial charge in [0.1, 0.15) is 5.82 Å². The van der Waals surface area contributed by atoms with Crippen LogP contribution in [0.2, 0.25) is 0 Å². The first-order valence-corrected chi connectivity index (χ1v) is 6.29. The van der Waals surface area contributed by atoms with E-state index in [0.29, 0.717) is 18.9 Å². The topological polar surface area (TPSA) is 55.1 Å². The summed E-state index contributed by atoms with van der Waals surface area (Å²) in [4.78, 5) is 11.7. The summed E-state index contributed by atoms with van der Waals surface area (Å²) in [6.45, 7) is 4.47. The lowest BCUT2D eigenvalue weighted by atomic mass is 10.0.